The molecule has 0 radical (unpaired) electrons. The van der Waals surface area contributed by atoms with Gasteiger partial charge in [-0.3, -0.25) is 9.69 Å². The Morgan fingerprint density at radius 2 is 2.04 bits per heavy atom. The Bertz CT molecular complexity index is 600. The fourth-order valence-electron chi connectivity index (χ4n) is 3.69. The smallest absolute Gasteiger partial charge is 0.234 e. The number of rotatable bonds is 6. The maximum Gasteiger partial charge on any atom is 0.234 e. The summed E-state index contributed by atoms with van der Waals surface area (Å²) in [6, 6.07) is 4.09. The van der Waals surface area contributed by atoms with E-state index >= 15 is 0 Å². The molecule has 1 unspecified atom stereocenters. The molecule has 6 heteroatoms. The summed E-state index contributed by atoms with van der Waals surface area (Å²) in [5, 5.41) is 6.49. The van der Waals surface area contributed by atoms with Crippen molar-refractivity contribution in [3.8, 4) is 11.5 Å². The van der Waals surface area contributed by atoms with Crippen molar-refractivity contribution in [2.24, 2.45) is 5.92 Å². The van der Waals surface area contributed by atoms with E-state index in [2.05, 4.69) is 21.6 Å². The number of ether oxygens (including phenoxy) is 2. The Balaban J connectivity index is 1.52. The summed E-state index contributed by atoms with van der Waals surface area (Å²) in [6.07, 6.45) is 3.33. The number of nitrogens with zero attached hydrogens (tertiary/aromatic N) is 1. The van der Waals surface area contributed by atoms with Crippen LogP contribution >= 0.6 is 0 Å². The Hall–Kier alpha value is -1.79. The molecule has 1 atom stereocenters. The lowest BCUT2D eigenvalue weighted by atomic mass is 9.98. The van der Waals surface area contributed by atoms with Crippen molar-refractivity contribution in [3.63, 3.8) is 0 Å². The Morgan fingerprint density at radius 1 is 1.28 bits per heavy atom. The van der Waals surface area contributed by atoms with Crippen LogP contribution in [0.1, 0.15) is 24.0 Å². The van der Waals surface area contributed by atoms with E-state index in [1.807, 2.05) is 6.07 Å². The van der Waals surface area contributed by atoms with E-state index in [-0.39, 0.29) is 5.91 Å². The summed E-state index contributed by atoms with van der Waals surface area (Å²) in [4.78, 5) is 14.5. The molecule has 138 valence electrons. The summed E-state index contributed by atoms with van der Waals surface area (Å²) < 4.78 is 10.8. The zero-order valence-electron chi connectivity index (χ0n) is 15.3. The Morgan fingerprint density at radius 3 is 2.72 bits per heavy atom. The molecule has 0 aliphatic carbocycles. The van der Waals surface area contributed by atoms with Gasteiger partial charge >= 0.3 is 0 Å². The minimum absolute atomic E-state index is 0.120. The molecule has 2 heterocycles. The molecule has 2 N–H and O–H groups in total. The highest BCUT2D eigenvalue weighted by atomic mass is 16.5. The molecule has 6 nitrogen and oxygen atoms in total. The summed E-state index contributed by atoms with van der Waals surface area (Å²) in [6.45, 7) is 5.01. The van der Waals surface area contributed by atoms with Crippen molar-refractivity contribution in [2.75, 3.05) is 46.9 Å². The van der Waals surface area contributed by atoms with Gasteiger partial charge < -0.3 is 20.1 Å². The quantitative estimate of drug-likeness (QED) is 0.809. The number of hydrogen-bond donors (Lipinski definition) is 2. The average molecular weight is 347 g/mol. The summed E-state index contributed by atoms with van der Waals surface area (Å²) in [5.41, 5.74) is 2.50. The van der Waals surface area contributed by atoms with E-state index in [0.29, 0.717) is 12.5 Å². The first-order chi connectivity index (χ1) is 12.2. The second kappa shape index (κ2) is 8.54. The SMILES string of the molecule is COc1cc2c(cc1OC)CN(CC(=O)NCC1CCCNC1)CC2. The predicted octanol–water partition coefficient (Wildman–Crippen LogP) is 1.18. The highest BCUT2D eigenvalue weighted by Gasteiger charge is 2.21. The highest BCUT2D eigenvalue weighted by Crippen LogP contribution is 2.33. The molecule has 0 bridgehead atoms. The van der Waals surface area contributed by atoms with Gasteiger partial charge in [-0.15, -0.1) is 0 Å². The third-order valence-electron chi connectivity index (χ3n) is 5.15. The first-order valence-electron chi connectivity index (χ1n) is 9.13. The number of carbonyl (C=O) groups is 1. The van der Waals surface area contributed by atoms with Crippen LogP contribution in [0.4, 0.5) is 0 Å². The predicted molar refractivity (Wildman–Crippen MR) is 97.1 cm³/mol. The number of piperidine rings is 1. The third-order valence-corrected chi connectivity index (χ3v) is 5.15. The van der Waals surface area contributed by atoms with Crippen LogP contribution in [0, 0.1) is 5.92 Å². The summed E-state index contributed by atoms with van der Waals surface area (Å²) in [7, 11) is 3.31. The van der Waals surface area contributed by atoms with Crippen LogP contribution < -0.4 is 20.1 Å². The number of nitrogens with one attached hydrogen (secondary N) is 2. The van der Waals surface area contributed by atoms with Crippen molar-refractivity contribution < 1.29 is 14.3 Å². The number of methoxy groups -OCH3 is 2. The lowest BCUT2D eigenvalue weighted by molar-refractivity contribution is -0.122. The summed E-state index contributed by atoms with van der Waals surface area (Å²) in [5.74, 6) is 2.21. The van der Waals surface area contributed by atoms with Gasteiger partial charge in [0.05, 0.1) is 20.8 Å². The van der Waals surface area contributed by atoms with Crippen LogP contribution in [-0.4, -0.2) is 57.8 Å². The van der Waals surface area contributed by atoms with Crippen LogP contribution in [0.25, 0.3) is 0 Å². The van der Waals surface area contributed by atoms with Crippen molar-refractivity contribution in [1.82, 2.24) is 15.5 Å². The largest absolute Gasteiger partial charge is 0.493 e. The van der Waals surface area contributed by atoms with Crippen LogP contribution in [0.3, 0.4) is 0 Å². The fraction of sp³-hybridized carbons (Fsp3) is 0.632. The summed E-state index contributed by atoms with van der Waals surface area (Å²) >= 11 is 0. The van der Waals surface area contributed by atoms with Crippen LogP contribution in [0.15, 0.2) is 12.1 Å². The molecule has 1 aromatic rings. The molecule has 1 saturated heterocycles. The maximum atomic E-state index is 12.3. The van der Waals surface area contributed by atoms with Gasteiger partial charge in [0.25, 0.3) is 0 Å². The monoisotopic (exact) mass is 347 g/mol. The minimum atomic E-state index is 0.120. The third kappa shape index (κ3) is 4.64. The van der Waals surface area contributed by atoms with Gasteiger partial charge in [-0.05, 0) is 61.5 Å². The molecule has 3 rings (SSSR count). The first-order valence-corrected chi connectivity index (χ1v) is 9.13. The van der Waals surface area contributed by atoms with Crippen molar-refractivity contribution in [3.05, 3.63) is 23.3 Å². The lowest BCUT2D eigenvalue weighted by Crippen LogP contribution is -2.43. The molecule has 1 amide bonds. The van der Waals surface area contributed by atoms with Gasteiger partial charge in [0.15, 0.2) is 11.5 Å². The zero-order valence-corrected chi connectivity index (χ0v) is 15.3. The van der Waals surface area contributed by atoms with E-state index in [1.165, 1.54) is 24.0 Å². The van der Waals surface area contributed by atoms with Gasteiger partial charge in [-0.2, -0.15) is 0 Å². The highest BCUT2D eigenvalue weighted by molar-refractivity contribution is 5.78. The van der Waals surface area contributed by atoms with Crippen LogP contribution in [0.5, 0.6) is 11.5 Å². The first kappa shape index (κ1) is 18.0. The molecular formula is C19H29N3O3. The number of amides is 1. The molecule has 1 fully saturated rings. The minimum Gasteiger partial charge on any atom is -0.493 e. The van der Waals surface area contributed by atoms with Crippen LogP contribution in [0.2, 0.25) is 0 Å². The molecular weight excluding hydrogens is 318 g/mol. The Kier molecular flexibility index (Phi) is 6.15. The van der Waals surface area contributed by atoms with Crippen molar-refractivity contribution in [2.45, 2.75) is 25.8 Å². The number of carbonyl (C=O) groups excluding carboxylic acids is 1. The molecule has 0 aromatic heterocycles. The molecule has 2 aliphatic rings. The number of hydrogen-bond acceptors (Lipinski definition) is 5. The van der Waals surface area contributed by atoms with E-state index in [1.54, 1.807) is 14.2 Å². The average Bonchev–Trinajstić information content (AvgIpc) is 2.66. The van der Waals surface area contributed by atoms with E-state index in [4.69, 9.17) is 9.47 Å². The van der Waals surface area contributed by atoms with Crippen LogP contribution in [-0.2, 0) is 17.8 Å². The molecule has 0 saturated carbocycles. The maximum absolute atomic E-state index is 12.3. The lowest BCUT2D eigenvalue weighted by Gasteiger charge is -2.29. The molecule has 2 aliphatic heterocycles. The van der Waals surface area contributed by atoms with Gasteiger partial charge in [0, 0.05) is 19.6 Å². The van der Waals surface area contributed by atoms with E-state index in [0.717, 1.165) is 50.6 Å². The Labute approximate surface area is 149 Å². The number of fused-ring (bicyclic) bond motifs is 1. The molecule has 1 aromatic carbocycles. The van der Waals surface area contributed by atoms with Crippen molar-refractivity contribution >= 4 is 5.91 Å². The van der Waals surface area contributed by atoms with E-state index < -0.39 is 0 Å². The second-order valence-corrected chi connectivity index (χ2v) is 6.95. The second-order valence-electron chi connectivity index (χ2n) is 6.95. The standard InChI is InChI=1S/C19H29N3O3/c1-24-17-8-15-5-7-22(12-16(15)9-18(17)25-2)13-19(23)21-11-14-4-3-6-20-10-14/h8-9,14,20H,3-7,10-13H2,1-2H3,(H,21,23). The van der Waals surface area contributed by atoms with E-state index in [9.17, 15) is 4.79 Å². The van der Waals surface area contributed by atoms with Gasteiger partial charge in [-0.1, -0.05) is 0 Å². The fourth-order valence-corrected chi connectivity index (χ4v) is 3.69. The van der Waals surface area contributed by atoms with Crippen molar-refractivity contribution in [1.29, 1.82) is 0 Å². The van der Waals surface area contributed by atoms with Gasteiger partial charge in [0.1, 0.15) is 0 Å². The van der Waals surface area contributed by atoms with Gasteiger partial charge in [-0.25, -0.2) is 0 Å². The molecule has 0 spiro atoms. The topological polar surface area (TPSA) is 62.8 Å². The number of benzene rings is 1. The zero-order chi connectivity index (χ0) is 17.6. The molecule has 25 heavy (non-hydrogen) atoms. The van der Waals surface area contributed by atoms with Gasteiger partial charge in [0.2, 0.25) is 5.91 Å². The normalized spacial score (nSPS) is 20.6.